The molecule has 4 nitrogen and oxygen atoms in total. The van der Waals surface area contributed by atoms with Crippen LogP contribution < -0.4 is 0 Å². The van der Waals surface area contributed by atoms with Gasteiger partial charge in [-0.25, -0.2) is 12.8 Å². The van der Waals surface area contributed by atoms with Crippen LogP contribution in [0.4, 0.5) is 4.39 Å². The van der Waals surface area contributed by atoms with E-state index in [2.05, 4.69) is 0 Å². The number of halogens is 1. The number of rotatable bonds is 3. The lowest BCUT2D eigenvalue weighted by molar-refractivity contribution is 0.280. The van der Waals surface area contributed by atoms with Gasteiger partial charge in [-0.1, -0.05) is 13.8 Å². The van der Waals surface area contributed by atoms with Crippen LogP contribution in [0.2, 0.25) is 0 Å². The first kappa shape index (κ1) is 15.4. The molecule has 1 fully saturated rings. The van der Waals surface area contributed by atoms with Gasteiger partial charge in [0.15, 0.2) is 0 Å². The fourth-order valence-corrected chi connectivity index (χ4v) is 4.40. The molecule has 0 aromatic heterocycles. The van der Waals surface area contributed by atoms with E-state index in [0.717, 1.165) is 0 Å². The van der Waals surface area contributed by atoms with Crippen molar-refractivity contribution in [3.63, 3.8) is 0 Å². The van der Waals surface area contributed by atoms with E-state index in [1.165, 1.54) is 23.4 Å². The first-order chi connectivity index (χ1) is 9.27. The summed E-state index contributed by atoms with van der Waals surface area (Å²) >= 11 is 0. The third kappa shape index (κ3) is 2.60. The molecule has 0 radical (unpaired) electrons. The molecule has 1 heterocycles. The summed E-state index contributed by atoms with van der Waals surface area (Å²) in [5, 5.41) is 9.12. The zero-order valence-corrected chi connectivity index (χ0v) is 12.7. The molecular weight excluding hydrogens is 281 g/mol. The summed E-state index contributed by atoms with van der Waals surface area (Å²) in [6.07, 6.45) is 0. The van der Waals surface area contributed by atoms with Crippen molar-refractivity contribution in [1.82, 2.24) is 4.31 Å². The van der Waals surface area contributed by atoms with Crippen molar-refractivity contribution in [1.29, 1.82) is 0 Å². The zero-order valence-electron chi connectivity index (χ0n) is 11.9. The summed E-state index contributed by atoms with van der Waals surface area (Å²) in [5.74, 6) is -0.0256. The molecule has 1 aliphatic heterocycles. The van der Waals surface area contributed by atoms with Crippen LogP contribution in [-0.2, 0) is 16.6 Å². The van der Waals surface area contributed by atoms with Crippen LogP contribution in [0.3, 0.4) is 0 Å². The number of aliphatic hydroxyl groups excluding tert-OH is 1. The van der Waals surface area contributed by atoms with Crippen molar-refractivity contribution in [2.45, 2.75) is 32.3 Å². The number of sulfonamides is 1. The summed E-state index contributed by atoms with van der Waals surface area (Å²) in [5.41, 5.74) is 0.376. The van der Waals surface area contributed by atoms with E-state index < -0.39 is 15.8 Å². The molecule has 1 aromatic carbocycles. The maximum Gasteiger partial charge on any atom is 0.243 e. The van der Waals surface area contributed by atoms with Gasteiger partial charge in [-0.15, -0.1) is 0 Å². The summed E-state index contributed by atoms with van der Waals surface area (Å²) in [6, 6.07) is 2.53. The normalized spacial score (nSPS) is 24.2. The van der Waals surface area contributed by atoms with Gasteiger partial charge in [0.2, 0.25) is 10.0 Å². The Morgan fingerprint density at radius 1 is 1.30 bits per heavy atom. The maximum absolute atomic E-state index is 13.8. The van der Waals surface area contributed by atoms with Crippen LogP contribution in [0.5, 0.6) is 0 Å². The lowest BCUT2D eigenvalue weighted by Crippen LogP contribution is -2.30. The highest BCUT2D eigenvalue weighted by Crippen LogP contribution is 2.30. The molecule has 112 valence electrons. The molecule has 0 amide bonds. The van der Waals surface area contributed by atoms with Gasteiger partial charge in [0.25, 0.3) is 0 Å². The second kappa shape index (κ2) is 5.42. The third-order valence-corrected chi connectivity index (χ3v) is 6.07. The van der Waals surface area contributed by atoms with Gasteiger partial charge in [-0.2, -0.15) is 4.31 Å². The lowest BCUT2D eigenvalue weighted by Gasteiger charge is -2.18. The summed E-state index contributed by atoms with van der Waals surface area (Å²) in [7, 11) is -3.71. The Kier molecular flexibility index (Phi) is 4.18. The predicted octanol–water partition coefficient (Wildman–Crippen LogP) is 1.90. The summed E-state index contributed by atoms with van der Waals surface area (Å²) in [4.78, 5) is -0.0390. The first-order valence-electron chi connectivity index (χ1n) is 6.67. The SMILES string of the molecule is Cc1c(F)cc(CO)cc1S(=O)(=O)N1CC(C)C(C)C1. The van der Waals surface area contributed by atoms with Gasteiger partial charge in [0, 0.05) is 18.7 Å². The Morgan fingerprint density at radius 2 is 1.85 bits per heavy atom. The second-order valence-electron chi connectivity index (χ2n) is 5.64. The Hall–Kier alpha value is -0.980. The van der Waals surface area contributed by atoms with E-state index in [-0.39, 0.29) is 34.5 Å². The van der Waals surface area contributed by atoms with Crippen molar-refractivity contribution in [2.24, 2.45) is 11.8 Å². The minimum Gasteiger partial charge on any atom is -0.392 e. The van der Waals surface area contributed by atoms with Gasteiger partial charge in [-0.3, -0.25) is 0 Å². The third-order valence-electron chi connectivity index (χ3n) is 4.11. The molecule has 1 N–H and O–H groups in total. The minimum atomic E-state index is -3.71. The molecule has 1 aliphatic rings. The van der Waals surface area contributed by atoms with Crippen LogP contribution in [-0.4, -0.2) is 30.9 Å². The van der Waals surface area contributed by atoms with E-state index in [4.69, 9.17) is 5.11 Å². The fraction of sp³-hybridized carbons (Fsp3) is 0.571. The predicted molar refractivity (Wildman–Crippen MR) is 74.1 cm³/mol. The van der Waals surface area contributed by atoms with Crippen LogP contribution in [0, 0.1) is 24.6 Å². The standard InChI is InChI=1S/C14H20FNO3S/c1-9-6-16(7-10(9)2)20(18,19)14-5-12(8-17)4-13(15)11(14)3/h4-5,9-10,17H,6-8H2,1-3H3. The van der Waals surface area contributed by atoms with Crippen molar-refractivity contribution >= 4 is 10.0 Å². The topological polar surface area (TPSA) is 57.6 Å². The van der Waals surface area contributed by atoms with Crippen molar-refractivity contribution in [2.75, 3.05) is 13.1 Å². The lowest BCUT2D eigenvalue weighted by atomic mass is 10.0. The maximum atomic E-state index is 13.8. The molecule has 2 atom stereocenters. The molecule has 2 unspecified atom stereocenters. The van der Waals surface area contributed by atoms with Crippen molar-refractivity contribution in [3.8, 4) is 0 Å². The Morgan fingerprint density at radius 3 is 2.35 bits per heavy atom. The average Bonchev–Trinajstić information content (AvgIpc) is 2.73. The number of hydrogen-bond donors (Lipinski definition) is 1. The molecule has 0 bridgehead atoms. The van der Waals surface area contributed by atoms with Crippen molar-refractivity contribution in [3.05, 3.63) is 29.1 Å². The molecule has 0 spiro atoms. The van der Waals surface area contributed by atoms with Gasteiger partial charge in [0.05, 0.1) is 11.5 Å². The fourth-order valence-electron chi connectivity index (χ4n) is 2.48. The average molecular weight is 301 g/mol. The van der Waals surface area contributed by atoms with Crippen LogP contribution in [0.15, 0.2) is 17.0 Å². The van der Waals surface area contributed by atoms with Gasteiger partial charge in [0.1, 0.15) is 5.82 Å². The highest BCUT2D eigenvalue weighted by Gasteiger charge is 2.36. The highest BCUT2D eigenvalue weighted by atomic mass is 32.2. The number of benzene rings is 1. The Balaban J connectivity index is 2.47. The summed E-state index contributed by atoms with van der Waals surface area (Å²) < 4.78 is 40.5. The van der Waals surface area contributed by atoms with Gasteiger partial charge < -0.3 is 5.11 Å². The molecule has 0 aliphatic carbocycles. The van der Waals surface area contributed by atoms with Crippen LogP contribution in [0.1, 0.15) is 25.0 Å². The molecule has 2 rings (SSSR count). The van der Waals surface area contributed by atoms with E-state index in [1.54, 1.807) is 0 Å². The molecule has 1 saturated heterocycles. The number of nitrogens with zero attached hydrogens (tertiary/aromatic N) is 1. The van der Waals surface area contributed by atoms with E-state index in [0.29, 0.717) is 13.1 Å². The largest absolute Gasteiger partial charge is 0.392 e. The number of aliphatic hydroxyl groups is 1. The highest BCUT2D eigenvalue weighted by molar-refractivity contribution is 7.89. The quantitative estimate of drug-likeness (QED) is 0.927. The van der Waals surface area contributed by atoms with Crippen LogP contribution >= 0.6 is 0 Å². The minimum absolute atomic E-state index is 0.0390. The summed E-state index contributed by atoms with van der Waals surface area (Å²) in [6.45, 7) is 6.00. The smallest absolute Gasteiger partial charge is 0.243 e. The van der Waals surface area contributed by atoms with E-state index in [1.807, 2.05) is 13.8 Å². The molecule has 1 aromatic rings. The van der Waals surface area contributed by atoms with Crippen LogP contribution in [0.25, 0.3) is 0 Å². The van der Waals surface area contributed by atoms with Gasteiger partial charge in [-0.05, 0) is 36.5 Å². The second-order valence-corrected chi connectivity index (χ2v) is 7.54. The molecule has 6 heteroatoms. The Labute approximate surface area is 119 Å². The van der Waals surface area contributed by atoms with E-state index >= 15 is 0 Å². The Bertz CT molecular complexity index is 605. The molecular formula is C14H20FNO3S. The monoisotopic (exact) mass is 301 g/mol. The first-order valence-corrected chi connectivity index (χ1v) is 8.11. The van der Waals surface area contributed by atoms with Crippen molar-refractivity contribution < 1.29 is 17.9 Å². The zero-order chi connectivity index (χ0) is 15.1. The molecule has 20 heavy (non-hydrogen) atoms. The van der Waals surface area contributed by atoms with E-state index in [9.17, 15) is 12.8 Å². The molecule has 0 saturated carbocycles. The number of hydrogen-bond acceptors (Lipinski definition) is 3. The van der Waals surface area contributed by atoms with Gasteiger partial charge >= 0.3 is 0 Å².